The zero-order valence-corrected chi connectivity index (χ0v) is 20.9. The van der Waals surface area contributed by atoms with Crippen molar-refractivity contribution in [2.45, 2.75) is 43.0 Å². The highest BCUT2D eigenvalue weighted by Crippen LogP contribution is 2.62. The molecule has 4 nitrogen and oxygen atoms in total. The van der Waals surface area contributed by atoms with Gasteiger partial charge in [0.05, 0.1) is 11.4 Å². The minimum atomic E-state index is -1.09. The number of thioether (sulfide) groups is 1. The molecule has 6 heteroatoms. The number of anilines is 2. The molecule has 0 aromatic heterocycles. The molecule has 0 N–H and O–H groups in total. The Labute approximate surface area is 208 Å². The molecule has 0 bridgehead atoms. The summed E-state index contributed by atoms with van der Waals surface area (Å²) >= 11 is 7.64. The van der Waals surface area contributed by atoms with Crippen LogP contribution in [0.1, 0.15) is 43.9 Å². The molecule has 34 heavy (non-hydrogen) atoms. The van der Waals surface area contributed by atoms with Crippen molar-refractivity contribution >= 4 is 46.6 Å². The van der Waals surface area contributed by atoms with Gasteiger partial charge in [-0.2, -0.15) is 0 Å². The van der Waals surface area contributed by atoms with Crippen molar-refractivity contribution in [3.05, 3.63) is 94.5 Å². The van der Waals surface area contributed by atoms with Crippen LogP contribution in [-0.4, -0.2) is 23.1 Å². The molecule has 3 aromatic rings. The van der Waals surface area contributed by atoms with Crippen molar-refractivity contribution in [3.63, 3.8) is 0 Å². The van der Waals surface area contributed by atoms with Crippen LogP contribution < -0.4 is 9.80 Å². The van der Waals surface area contributed by atoms with Gasteiger partial charge in [-0.3, -0.25) is 14.5 Å². The van der Waals surface area contributed by atoms with Gasteiger partial charge in [-0.25, -0.2) is 0 Å². The van der Waals surface area contributed by atoms with Gasteiger partial charge < -0.3 is 4.90 Å². The lowest BCUT2D eigenvalue weighted by Crippen LogP contribution is -2.58. The Balaban J connectivity index is 1.63. The van der Waals surface area contributed by atoms with Gasteiger partial charge >= 0.3 is 0 Å². The first-order chi connectivity index (χ1) is 16.2. The molecule has 1 fully saturated rings. The van der Waals surface area contributed by atoms with E-state index in [0.29, 0.717) is 5.02 Å². The first-order valence-corrected chi connectivity index (χ1v) is 12.8. The van der Waals surface area contributed by atoms with Crippen molar-refractivity contribution < 1.29 is 9.59 Å². The van der Waals surface area contributed by atoms with Crippen molar-refractivity contribution in [2.24, 2.45) is 0 Å². The molecule has 0 unspecified atom stereocenters. The van der Waals surface area contributed by atoms with Gasteiger partial charge in [0.1, 0.15) is 0 Å². The SMILES string of the molecule is CC1(C)C[C@](C)(c2ccc(Cl)cc2)c2cccc3c2N1C(=O)[C@@]31SCC(=O)N1c1ccccc1. The van der Waals surface area contributed by atoms with Crippen LogP contribution >= 0.6 is 23.4 Å². The summed E-state index contributed by atoms with van der Waals surface area (Å²) in [4.78, 5) is 30.3. The van der Waals surface area contributed by atoms with Gasteiger partial charge in [0, 0.05) is 27.2 Å². The molecular formula is C28H25ClN2O2S. The molecule has 2 amide bonds. The molecule has 3 heterocycles. The van der Waals surface area contributed by atoms with E-state index in [1.54, 1.807) is 4.90 Å². The lowest BCUT2D eigenvalue weighted by molar-refractivity contribution is -0.124. The van der Waals surface area contributed by atoms with Crippen LogP contribution in [0.15, 0.2) is 72.8 Å². The van der Waals surface area contributed by atoms with E-state index in [1.165, 1.54) is 17.3 Å². The molecule has 0 radical (unpaired) electrons. The molecule has 3 aliphatic rings. The summed E-state index contributed by atoms with van der Waals surface area (Å²) in [5.74, 6) is 0.200. The lowest BCUT2D eigenvalue weighted by Gasteiger charge is -2.50. The van der Waals surface area contributed by atoms with Crippen LogP contribution in [0.25, 0.3) is 0 Å². The molecule has 6 rings (SSSR count). The second kappa shape index (κ2) is 7.12. The van der Waals surface area contributed by atoms with Gasteiger partial charge in [-0.05, 0) is 55.7 Å². The van der Waals surface area contributed by atoms with E-state index < -0.39 is 10.4 Å². The molecular weight excluding hydrogens is 464 g/mol. The largest absolute Gasteiger partial charge is 0.303 e. The number of amides is 2. The second-order valence-electron chi connectivity index (χ2n) is 10.2. The maximum Gasteiger partial charge on any atom is 0.269 e. The Kier molecular flexibility index (Phi) is 4.56. The topological polar surface area (TPSA) is 40.6 Å². The number of nitrogens with zero attached hydrogens (tertiary/aromatic N) is 2. The standard InChI is InChI=1S/C28H25ClN2O2S/c1-26(2)17-27(3,18-12-14-19(29)15-13-18)21-10-7-11-22-24(21)31(26)25(33)28(22)30(23(32)16-34-28)20-8-5-4-6-9-20/h4-15H,16-17H2,1-3H3/t27-,28+/m1/s1. The summed E-state index contributed by atoms with van der Waals surface area (Å²) in [5.41, 5.74) is 4.12. The number of benzene rings is 3. The van der Waals surface area contributed by atoms with Gasteiger partial charge in [0.25, 0.3) is 5.91 Å². The van der Waals surface area contributed by atoms with Gasteiger partial charge in [-0.15, -0.1) is 11.8 Å². The zero-order valence-electron chi connectivity index (χ0n) is 19.3. The zero-order chi connectivity index (χ0) is 23.9. The third kappa shape index (κ3) is 2.68. The van der Waals surface area contributed by atoms with Crippen LogP contribution in [0.5, 0.6) is 0 Å². The highest BCUT2D eigenvalue weighted by atomic mass is 35.5. The maximum absolute atomic E-state index is 14.4. The minimum Gasteiger partial charge on any atom is -0.303 e. The number of fused-ring (bicyclic) bond motifs is 1. The number of carbonyl (C=O) groups excluding carboxylic acids is 2. The van der Waals surface area contributed by atoms with Crippen molar-refractivity contribution in [3.8, 4) is 0 Å². The van der Waals surface area contributed by atoms with Crippen LogP contribution in [0.3, 0.4) is 0 Å². The average Bonchev–Trinajstić information content (AvgIpc) is 3.29. The predicted octanol–water partition coefficient (Wildman–Crippen LogP) is 6.11. The summed E-state index contributed by atoms with van der Waals surface area (Å²) in [6.07, 6.45) is 0.754. The predicted molar refractivity (Wildman–Crippen MR) is 139 cm³/mol. The van der Waals surface area contributed by atoms with Gasteiger partial charge in [0.15, 0.2) is 0 Å². The van der Waals surface area contributed by atoms with Crippen molar-refractivity contribution in [1.29, 1.82) is 0 Å². The van der Waals surface area contributed by atoms with Gasteiger partial charge in [-0.1, -0.05) is 67.1 Å². The van der Waals surface area contributed by atoms with E-state index in [1.807, 2.05) is 59.5 Å². The third-order valence-corrected chi connectivity index (χ3v) is 9.21. The van der Waals surface area contributed by atoms with E-state index in [0.717, 1.165) is 28.9 Å². The fourth-order valence-electron chi connectivity index (χ4n) is 6.29. The van der Waals surface area contributed by atoms with Crippen molar-refractivity contribution in [1.82, 2.24) is 0 Å². The smallest absolute Gasteiger partial charge is 0.269 e. The lowest BCUT2D eigenvalue weighted by atomic mass is 9.65. The molecule has 2 atom stereocenters. The Morgan fingerprint density at radius 2 is 1.50 bits per heavy atom. The Morgan fingerprint density at radius 3 is 2.21 bits per heavy atom. The van der Waals surface area contributed by atoms with E-state index in [4.69, 9.17) is 11.6 Å². The van der Waals surface area contributed by atoms with Crippen LogP contribution in [0.2, 0.25) is 5.02 Å². The van der Waals surface area contributed by atoms with E-state index in [2.05, 4.69) is 39.0 Å². The normalized spacial score (nSPS) is 26.9. The first kappa shape index (κ1) is 21.8. The number of hydrogen-bond acceptors (Lipinski definition) is 3. The van der Waals surface area contributed by atoms with Crippen LogP contribution in [0.4, 0.5) is 11.4 Å². The van der Waals surface area contributed by atoms with Crippen LogP contribution in [0, 0.1) is 0 Å². The Bertz CT molecular complexity index is 1340. The minimum absolute atomic E-state index is 0.0298. The quantitative estimate of drug-likeness (QED) is 0.437. The third-order valence-electron chi connectivity index (χ3n) is 7.57. The molecule has 172 valence electrons. The number of carbonyl (C=O) groups is 2. The van der Waals surface area contributed by atoms with Crippen molar-refractivity contribution in [2.75, 3.05) is 15.6 Å². The molecule has 1 spiro atoms. The molecule has 0 saturated carbocycles. The van der Waals surface area contributed by atoms with Crippen LogP contribution in [-0.2, 0) is 19.9 Å². The highest BCUT2D eigenvalue weighted by Gasteiger charge is 2.65. The summed E-state index contributed by atoms with van der Waals surface area (Å²) < 4.78 is 0. The summed E-state index contributed by atoms with van der Waals surface area (Å²) in [6.45, 7) is 6.51. The number of para-hydroxylation sites is 2. The average molecular weight is 489 g/mol. The Morgan fingerprint density at radius 1 is 0.824 bits per heavy atom. The number of rotatable bonds is 2. The molecule has 1 saturated heterocycles. The fraction of sp³-hybridized carbons (Fsp3) is 0.286. The van der Waals surface area contributed by atoms with E-state index in [-0.39, 0.29) is 23.0 Å². The summed E-state index contributed by atoms with van der Waals surface area (Å²) in [6, 6.07) is 23.8. The highest BCUT2D eigenvalue weighted by molar-refractivity contribution is 8.02. The summed E-state index contributed by atoms with van der Waals surface area (Å²) in [5, 5.41) is 0.704. The molecule has 3 aliphatic heterocycles. The fourth-order valence-corrected chi connectivity index (χ4v) is 7.75. The second-order valence-corrected chi connectivity index (χ2v) is 11.8. The first-order valence-electron chi connectivity index (χ1n) is 11.5. The van der Waals surface area contributed by atoms with Gasteiger partial charge in [0.2, 0.25) is 10.8 Å². The Hall–Kier alpha value is -2.76. The van der Waals surface area contributed by atoms with E-state index in [9.17, 15) is 9.59 Å². The monoisotopic (exact) mass is 488 g/mol. The summed E-state index contributed by atoms with van der Waals surface area (Å²) in [7, 11) is 0. The molecule has 0 aliphatic carbocycles. The van der Waals surface area contributed by atoms with E-state index >= 15 is 0 Å². The number of hydrogen-bond donors (Lipinski definition) is 0. The maximum atomic E-state index is 14.4. The number of halogens is 1. The molecule has 3 aromatic carbocycles.